The van der Waals surface area contributed by atoms with E-state index in [2.05, 4.69) is 16.4 Å². The summed E-state index contributed by atoms with van der Waals surface area (Å²) in [5, 5.41) is 4.56. The lowest BCUT2D eigenvalue weighted by molar-refractivity contribution is 0.341. The van der Waals surface area contributed by atoms with E-state index in [-0.39, 0.29) is 0 Å². The fourth-order valence-corrected chi connectivity index (χ4v) is 4.17. The molecule has 1 aliphatic rings. The molecule has 5 heteroatoms. The number of fused-ring (bicyclic) bond motifs is 1. The van der Waals surface area contributed by atoms with Crippen LogP contribution in [0.25, 0.3) is 10.2 Å². The first-order valence-electron chi connectivity index (χ1n) is 6.23. The quantitative estimate of drug-likeness (QED) is 0.927. The molecule has 1 N–H and O–H groups in total. The van der Waals surface area contributed by atoms with Crippen molar-refractivity contribution in [2.75, 3.05) is 23.4 Å². The molecule has 2 heterocycles. The standard InChI is InChI=1S/C13H16N2OS2/c1-2-16-10-3-4-11-12(7-10)18-13(15-11)14-9-5-6-17-8-9/h3-4,7,9H,2,5-6,8H2,1H3,(H,14,15). The van der Waals surface area contributed by atoms with Crippen LogP contribution < -0.4 is 10.1 Å². The van der Waals surface area contributed by atoms with Crippen LogP contribution in [0.3, 0.4) is 0 Å². The average molecular weight is 280 g/mol. The van der Waals surface area contributed by atoms with Crippen LogP contribution in [0.15, 0.2) is 18.2 Å². The molecule has 0 bridgehead atoms. The van der Waals surface area contributed by atoms with Gasteiger partial charge in [-0.05, 0) is 37.3 Å². The van der Waals surface area contributed by atoms with Gasteiger partial charge in [-0.1, -0.05) is 11.3 Å². The Morgan fingerprint density at radius 3 is 3.22 bits per heavy atom. The van der Waals surface area contributed by atoms with E-state index in [0.717, 1.165) is 16.4 Å². The number of anilines is 1. The fourth-order valence-electron chi connectivity index (χ4n) is 2.05. The van der Waals surface area contributed by atoms with Crippen LogP contribution in [0.2, 0.25) is 0 Å². The summed E-state index contributed by atoms with van der Waals surface area (Å²) < 4.78 is 6.70. The molecular weight excluding hydrogens is 264 g/mol. The minimum absolute atomic E-state index is 0.585. The summed E-state index contributed by atoms with van der Waals surface area (Å²) in [6.07, 6.45) is 1.24. The third kappa shape index (κ3) is 2.57. The topological polar surface area (TPSA) is 34.1 Å². The summed E-state index contributed by atoms with van der Waals surface area (Å²) in [6, 6.07) is 6.68. The van der Waals surface area contributed by atoms with Crippen molar-refractivity contribution in [2.24, 2.45) is 0 Å². The normalized spacial score (nSPS) is 19.3. The zero-order valence-electron chi connectivity index (χ0n) is 10.3. The van der Waals surface area contributed by atoms with Crippen molar-refractivity contribution < 1.29 is 4.74 Å². The van der Waals surface area contributed by atoms with Gasteiger partial charge in [0.05, 0.1) is 16.8 Å². The summed E-state index contributed by atoms with van der Waals surface area (Å²) in [5.74, 6) is 3.38. The van der Waals surface area contributed by atoms with Gasteiger partial charge in [0.25, 0.3) is 0 Å². The van der Waals surface area contributed by atoms with E-state index < -0.39 is 0 Å². The van der Waals surface area contributed by atoms with E-state index in [1.165, 1.54) is 22.6 Å². The number of thioether (sulfide) groups is 1. The van der Waals surface area contributed by atoms with Gasteiger partial charge < -0.3 is 10.1 Å². The summed E-state index contributed by atoms with van der Waals surface area (Å²) in [5.41, 5.74) is 1.05. The predicted octanol–water partition coefficient (Wildman–Crippen LogP) is 3.61. The SMILES string of the molecule is CCOc1ccc2nc(NC3CCSC3)sc2c1. The molecule has 1 aromatic heterocycles. The van der Waals surface area contributed by atoms with Crippen molar-refractivity contribution in [1.29, 1.82) is 0 Å². The number of benzene rings is 1. The van der Waals surface area contributed by atoms with Crippen molar-refractivity contribution in [3.63, 3.8) is 0 Å². The van der Waals surface area contributed by atoms with Crippen molar-refractivity contribution in [2.45, 2.75) is 19.4 Å². The molecule has 0 spiro atoms. The van der Waals surface area contributed by atoms with Gasteiger partial charge in [-0.3, -0.25) is 0 Å². The van der Waals surface area contributed by atoms with Crippen molar-refractivity contribution in [3.8, 4) is 5.75 Å². The van der Waals surface area contributed by atoms with E-state index in [1.807, 2.05) is 30.8 Å². The van der Waals surface area contributed by atoms with Gasteiger partial charge in [-0.2, -0.15) is 11.8 Å². The van der Waals surface area contributed by atoms with Crippen molar-refractivity contribution in [1.82, 2.24) is 4.98 Å². The summed E-state index contributed by atoms with van der Waals surface area (Å²) in [7, 11) is 0. The molecule has 1 fully saturated rings. The Labute approximate surface area is 115 Å². The largest absolute Gasteiger partial charge is 0.494 e. The Morgan fingerprint density at radius 1 is 1.50 bits per heavy atom. The molecule has 1 aliphatic heterocycles. The first kappa shape index (κ1) is 12.1. The first-order valence-corrected chi connectivity index (χ1v) is 8.20. The second-order valence-electron chi connectivity index (χ2n) is 4.29. The van der Waals surface area contributed by atoms with Crippen LogP contribution >= 0.6 is 23.1 Å². The molecule has 96 valence electrons. The zero-order chi connectivity index (χ0) is 12.4. The maximum atomic E-state index is 5.51. The van der Waals surface area contributed by atoms with Crippen LogP contribution in [0.4, 0.5) is 5.13 Å². The number of ether oxygens (including phenoxy) is 1. The highest BCUT2D eigenvalue weighted by atomic mass is 32.2. The minimum atomic E-state index is 0.585. The lowest BCUT2D eigenvalue weighted by Crippen LogP contribution is -2.17. The molecule has 1 saturated heterocycles. The van der Waals surface area contributed by atoms with Crippen LogP contribution in [-0.4, -0.2) is 29.1 Å². The summed E-state index contributed by atoms with van der Waals surface area (Å²) in [6.45, 7) is 2.70. The molecule has 0 saturated carbocycles. The number of hydrogen-bond donors (Lipinski definition) is 1. The number of thiazole rings is 1. The Balaban J connectivity index is 1.81. The monoisotopic (exact) mass is 280 g/mol. The molecule has 0 radical (unpaired) electrons. The highest BCUT2D eigenvalue weighted by Crippen LogP contribution is 2.31. The van der Waals surface area contributed by atoms with Crippen molar-refractivity contribution in [3.05, 3.63) is 18.2 Å². The molecule has 2 aromatic rings. The number of aromatic nitrogens is 1. The summed E-state index contributed by atoms with van der Waals surface area (Å²) >= 11 is 3.72. The third-order valence-corrected chi connectivity index (χ3v) is 5.04. The van der Waals surface area contributed by atoms with Crippen LogP contribution in [0.5, 0.6) is 5.75 Å². The average Bonchev–Trinajstić information content (AvgIpc) is 2.98. The minimum Gasteiger partial charge on any atom is -0.494 e. The number of nitrogens with one attached hydrogen (secondary N) is 1. The molecule has 1 aromatic carbocycles. The second-order valence-corrected chi connectivity index (χ2v) is 6.47. The molecule has 0 amide bonds. The van der Waals surface area contributed by atoms with E-state index in [0.29, 0.717) is 12.6 Å². The van der Waals surface area contributed by atoms with Crippen LogP contribution in [0.1, 0.15) is 13.3 Å². The lowest BCUT2D eigenvalue weighted by atomic mass is 10.3. The maximum absolute atomic E-state index is 5.51. The molecule has 3 rings (SSSR count). The predicted molar refractivity (Wildman–Crippen MR) is 80.1 cm³/mol. The fraction of sp³-hybridized carbons (Fsp3) is 0.462. The molecule has 1 unspecified atom stereocenters. The Morgan fingerprint density at radius 2 is 2.44 bits per heavy atom. The number of hydrogen-bond acceptors (Lipinski definition) is 5. The van der Waals surface area contributed by atoms with E-state index in [4.69, 9.17) is 4.74 Å². The summed E-state index contributed by atoms with van der Waals surface area (Å²) in [4.78, 5) is 4.62. The van der Waals surface area contributed by atoms with Gasteiger partial charge >= 0.3 is 0 Å². The van der Waals surface area contributed by atoms with Gasteiger partial charge in [0.1, 0.15) is 5.75 Å². The number of nitrogens with zero attached hydrogens (tertiary/aromatic N) is 1. The van der Waals surface area contributed by atoms with Crippen molar-refractivity contribution >= 4 is 38.4 Å². The number of rotatable bonds is 4. The van der Waals surface area contributed by atoms with E-state index in [9.17, 15) is 0 Å². The van der Waals surface area contributed by atoms with E-state index in [1.54, 1.807) is 11.3 Å². The van der Waals surface area contributed by atoms with Gasteiger partial charge in [-0.25, -0.2) is 4.98 Å². The second kappa shape index (κ2) is 5.36. The van der Waals surface area contributed by atoms with Crippen LogP contribution in [0, 0.1) is 0 Å². The first-order chi connectivity index (χ1) is 8.85. The van der Waals surface area contributed by atoms with Gasteiger partial charge in [0.2, 0.25) is 0 Å². The molecule has 18 heavy (non-hydrogen) atoms. The highest BCUT2D eigenvalue weighted by molar-refractivity contribution is 7.99. The van der Waals surface area contributed by atoms with Gasteiger partial charge in [0.15, 0.2) is 5.13 Å². The van der Waals surface area contributed by atoms with Crippen LogP contribution in [-0.2, 0) is 0 Å². The Kier molecular flexibility index (Phi) is 3.61. The third-order valence-electron chi connectivity index (χ3n) is 2.93. The smallest absolute Gasteiger partial charge is 0.184 e. The highest BCUT2D eigenvalue weighted by Gasteiger charge is 2.16. The zero-order valence-corrected chi connectivity index (χ0v) is 11.9. The Bertz CT molecular complexity index is 535. The van der Waals surface area contributed by atoms with Gasteiger partial charge in [-0.15, -0.1) is 0 Å². The van der Waals surface area contributed by atoms with Gasteiger partial charge in [0, 0.05) is 11.8 Å². The molecule has 0 aliphatic carbocycles. The molecule has 1 atom stereocenters. The molecular formula is C13H16N2OS2. The Hall–Kier alpha value is -0.940. The maximum Gasteiger partial charge on any atom is 0.184 e. The lowest BCUT2D eigenvalue weighted by Gasteiger charge is -2.08. The molecule has 3 nitrogen and oxygen atoms in total. The van der Waals surface area contributed by atoms with E-state index >= 15 is 0 Å².